The van der Waals surface area contributed by atoms with Crippen LogP contribution in [0.25, 0.3) is 5.57 Å². The Labute approximate surface area is 158 Å². The highest BCUT2D eigenvalue weighted by atomic mass is 19.1. The fourth-order valence-corrected chi connectivity index (χ4v) is 2.97. The van der Waals surface area contributed by atoms with Crippen LogP contribution < -0.4 is 9.47 Å². The van der Waals surface area contributed by atoms with Crippen LogP contribution in [0.4, 0.5) is 4.39 Å². The minimum atomic E-state index is -0.334. The molecule has 1 saturated heterocycles. The van der Waals surface area contributed by atoms with E-state index >= 15 is 0 Å². The van der Waals surface area contributed by atoms with Crippen molar-refractivity contribution in [3.05, 3.63) is 65.5 Å². The number of carbonyl (C=O) groups is 1. The van der Waals surface area contributed by atoms with E-state index in [0.29, 0.717) is 43.4 Å². The smallest absolute Gasteiger partial charge is 0.247 e. The number of halogens is 1. The second-order valence-corrected chi connectivity index (χ2v) is 6.07. The highest BCUT2D eigenvalue weighted by Gasteiger charge is 2.19. The van der Waals surface area contributed by atoms with Gasteiger partial charge in [0.2, 0.25) is 5.91 Å². The van der Waals surface area contributed by atoms with Gasteiger partial charge in [-0.05, 0) is 35.4 Å². The van der Waals surface area contributed by atoms with Crippen molar-refractivity contribution in [2.75, 3.05) is 40.5 Å². The van der Waals surface area contributed by atoms with Gasteiger partial charge in [0, 0.05) is 30.8 Å². The molecule has 1 fully saturated rings. The maximum Gasteiger partial charge on any atom is 0.247 e. The van der Waals surface area contributed by atoms with Crippen LogP contribution in [0.5, 0.6) is 11.5 Å². The van der Waals surface area contributed by atoms with E-state index in [0.717, 1.165) is 11.1 Å². The lowest BCUT2D eigenvalue weighted by atomic mass is 9.96. The molecule has 0 spiro atoms. The van der Waals surface area contributed by atoms with Crippen LogP contribution in [0.2, 0.25) is 0 Å². The van der Waals surface area contributed by atoms with Crippen molar-refractivity contribution >= 4 is 11.5 Å². The molecular weight excluding hydrogens is 349 g/mol. The van der Waals surface area contributed by atoms with Crippen LogP contribution in [0, 0.1) is 5.82 Å². The van der Waals surface area contributed by atoms with Crippen molar-refractivity contribution in [3.63, 3.8) is 0 Å². The maximum atomic E-state index is 13.4. The van der Waals surface area contributed by atoms with Crippen LogP contribution >= 0.6 is 0 Å². The average Bonchev–Trinajstić information content (AvgIpc) is 2.73. The molecule has 5 nitrogen and oxygen atoms in total. The van der Waals surface area contributed by atoms with Gasteiger partial charge in [0.15, 0.2) is 0 Å². The summed E-state index contributed by atoms with van der Waals surface area (Å²) in [5.41, 5.74) is 2.11. The molecule has 6 heteroatoms. The third kappa shape index (κ3) is 4.46. The fourth-order valence-electron chi connectivity index (χ4n) is 2.97. The second kappa shape index (κ2) is 8.68. The summed E-state index contributed by atoms with van der Waals surface area (Å²) in [6, 6.07) is 11.4. The first kappa shape index (κ1) is 18.9. The zero-order chi connectivity index (χ0) is 19.2. The van der Waals surface area contributed by atoms with Crippen molar-refractivity contribution in [1.29, 1.82) is 0 Å². The molecule has 1 aliphatic rings. The molecule has 2 aromatic carbocycles. The summed E-state index contributed by atoms with van der Waals surface area (Å²) >= 11 is 0. The van der Waals surface area contributed by atoms with Gasteiger partial charge < -0.3 is 19.1 Å². The minimum absolute atomic E-state index is 0.115. The van der Waals surface area contributed by atoms with E-state index in [2.05, 4.69) is 0 Å². The van der Waals surface area contributed by atoms with Gasteiger partial charge in [-0.2, -0.15) is 0 Å². The number of hydrogen-bond donors (Lipinski definition) is 0. The second-order valence-electron chi connectivity index (χ2n) is 6.07. The highest BCUT2D eigenvalue weighted by Crippen LogP contribution is 2.34. The van der Waals surface area contributed by atoms with Crippen molar-refractivity contribution in [1.82, 2.24) is 4.90 Å². The first-order chi connectivity index (χ1) is 13.1. The zero-order valence-corrected chi connectivity index (χ0v) is 15.4. The Morgan fingerprint density at radius 3 is 2.41 bits per heavy atom. The Balaban J connectivity index is 2.06. The molecule has 0 saturated carbocycles. The fraction of sp³-hybridized carbons (Fsp3) is 0.286. The van der Waals surface area contributed by atoms with Crippen molar-refractivity contribution < 1.29 is 23.4 Å². The number of rotatable bonds is 5. The summed E-state index contributed by atoms with van der Waals surface area (Å²) in [7, 11) is 3.14. The van der Waals surface area contributed by atoms with Gasteiger partial charge in [0.1, 0.15) is 17.3 Å². The summed E-state index contributed by atoms with van der Waals surface area (Å²) in [5.74, 6) is 0.767. The van der Waals surface area contributed by atoms with Gasteiger partial charge in [-0.15, -0.1) is 0 Å². The van der Waals surface area contributed by atoms with E-state index in [-0.39, 0.29) is 11.7 Å². The number of carbonyl (C=O) groups excluding carboxylic acids is 1. The van der Waals surface area contributed by atoms with Gasteiger partial charge in [0.05, 0.1) is 27.4 Å². The quantitative estimate of drug-likeness (QED) is 0.758. The number of hydrogen-bond acceptors (Lipinski definition) is 4. The molecule has 0 radical (unpaired) electrons. The Kier molecular flexibility index (Phi) is 6.08. The molecule has 0 unspecified atom stereocenters. The number of ether oxygens (including phenoxy) is 3. The summed E-state index contributed by atoms with van der Waals surface area (Å²) in [4.78, 5) is 14.5. The molecule has 0 aromatic heterocycles. The van der Waals surface area contributed by atoms with Crippen LogP contribution in [0.1, 0.15) is 11.1 Å². The van der Waals surface area contributed by atoms with E-state index < -0.39 is 0 Å². The SMILES string of the molecule is COc1ccc(/C(=C/C(=O)N2CCOCC2)c2ccc(F)cc2)c(OC)c1. The molecule has 2 aromatic rings. The van der Waals surface area contributed by atoms with E-state index in [1.807, 2.05) is 6.07 Å². The number of benzene rings is 2. The van der Waals surface area contributed by atoms with Crippen molar-refractivity contribution in [2.24, 2.45) is 0 Å². The third-order valence-electron chi connectivity index (χ3n) is 4.44. The molecule has 1 amide bonds. The van der Waals surface area contributed by atoms with Gasteiger partial charge in [0.25, 0.3) is 0 Å². The van der Waals surface area contributed by atoms with Gasteiger partial charge >= 0.3 is 0 Å². The van der Waals surface area contributed by atoms with E-state index in [9.17, 15) is 9.18 Å². The number of nitrogens with zero attached hydrogens (tertiary/aromatic N) is 1. The molecule has 1 heterocycles. The number of amides is 1. The molecular formula is C21H22FNO4. The first-order valence-electron chi connectivity index (χ1n) is 8.69. The minimum Gasteiger partial charge on any atom is -0.497 e. The Bertz CT molecular complexity index is 827. The van der Waals surface area contributed by atoms with Gasteiger partial charge in [-0.25, -0.2) is 4.39 Å². The van der Waals surface area contributed by atoms with E-state index in [4.69, 9.17) is 14.2 Å². The Hall–Kier alpha value is -2.86. The summed E-state index contributed by atoms with van der Waals surface area (Å²) in [5, 5.41) is 0. The normalized spacial score (nSPS) is 14.8. The first-order valence-corrected chi connectivity index (χ1v) is 8.69. The monoisotopic (exact) mass is 371 g/mol. The lowest BCUT2D eigenvalue weighted by Gasteiger charge is -2.26. The van der Waals surface area contributed by atoms with Crippen LogP contribution in [0.15, 0.2) is 48.5 Å². The van der Waals surface area contributed by atoms with Crippen molar-refractivity contribution in [3.8, 4) is 11.5 Å². The standard InChI is InChI=1S/C21H22FNO4/c1-25-17-7-8-18(20(13-17)26-2)19(15-3-5-16(22)6-4-15)14-21(24)23-9-11-27-12-10-23/h3-8,13-14H,9-12H2,1-2H3/b19-14+. The molecule has 3 rings (SSSR count). The highest BCUT2D eigenvalue weighted by molar-refractivity contribution is 6.00. The maximum absolute atomic E-state index is 13.4. The average molecular weight is 371 g/mol. The molecule has 0 bridgehead atoms. The number of morpholine rings is 1. The molecule has 0 aliphatic carbocycles. The molecule has 0 N–H and O–H groups in total. The Morgan fingerprint density at radius 1 is 1.07 bits per heavy atom. The number of methoxy groups -OCH3 is 2. The van der Waals surface area contributed by atoms with Gasteiger partial charge in [-0.3, -0.25) is 4.79 Å². The van der Waals surface area contributed by atoms with Crippen molar-refractivity contribution in [2.45, 2.75) is 0 Å². The molecule has 27 heavy (non-hydrogen) atoms. The summed E-state index contributed by atoms with van der Waals surface area (Å²) in [6.07, 6.45) is 1.57. The molecule has 142 valence electrons. The lowest BCUT2D eigenvalue weighted by Crippen LogP contribution is -2.39. The molecule has 1 aliphatic heterocycles. The molecule has 0 atom stereocenters. The summed E-state index contributed by atoms with van der Waals surface area (Å²) < 4.78 is 29.5. The lowest BCUT2D eigenvalue weighted by molar-refractivity contribution is -0.129. The topological polar surface area (TPSA) is 48.0 Å². The zero-order valence-electron chi connectivity index (χ0n) is 15.4. The van der Waals surface area contributed by atoms with Crippen LogP contribution in [0.3, 0.4) is 0 Å². The Morgan fingerprint density at radius 2 is 1.78 bits per heavy atom. The van der Waals surface area contributed by atoms with Crippen LogP contribution in [-0.4, -0.2) is 51.3 Å². The predicted octanol–water partition coefficient (Wildman–Crippen LogP) is 3.13. The van der Waals surface area contributed by atoms with Crippen LogP contribution in [-0.2, 0) is 9.53 Å². The predicted molar refractivity (Wildman–Crippen MR) is 100 cm³/mol. The van der Waals surface area contributed by atoms with E-state index in [1.165, 1.54) is 12.1 Å². The third-order valence-corrected chi connectivity index (χ3v) is 4.44. The van der Waals surface area contributed by atoms with Gasteiger partial charge in [-0.1, -0.05) is 12.1 Å². The summed E-state index contributed by atoms with van der Waals surface area (Å²) in [6.45, 7) is 2.15. The van der Waals surface area contributed by atoms with E-state index in [1.54, 1.807) is 49.5 Å². The largest absolute Gasteiger partial charge is 0.497 e.